The minimum absolute atomic E-state index is 0.0523. The largest absolute Gasteiger partial charge is 0.334 e. The van der Waals surface area contributed by atoms with Gasteiger partial charge in [0.05, 0.1) is 11.3 Å². The molecule has 1 N–H and O–H groups in total. The normalized spacial score (nSPS) is 23.1. The molecule has 2 aromatic heterocycles. The van der Waals surface area contributed by atoms with Gasteiger partial charge in [-0.05, 0) is 31.4 Å². The van der Waals surface area contributed by atoms with E-state index in [1.165, 1.54) is 0 Å². The van der Waals surface area contributed by atoms with Crippen LogP contribution in [0.4, 0.5) is 0 Å². The van der Waals surface area contributed by atoms with E-state index in [1.54, 1.807) is 18.6 Å². The van der Waals surface area contributed by atoms with E-state index in [2.05, 4.69) is 20.3 Å². The van der Waals surface area contributed by atoms with Crippen LogP contribution in [0.25, 0.3) is 11.4 Å². The zero-order valence-electron chi connectivity index (χ0n) is 13.1. The van der Waals surface area contributed by atoms with Crippen molar-refractivity contribution in [2.45, 2.75) is 19.4 Å². The molecular formula is C17H19N5O. The molecule has 0 bridgehead atoms. The summed E-state index contributed by atoms with van der Waals surface area (Å²) in [4.78, 5) is 27.8. The molecule has 4 rings (SSSR count). The summed E-state index contributed by atoms with van der Waals surface area (Å²) >= 11 is 0. The van der Waals surface area contributed by atoms with Crippen LogP contribution in [0, 0.1) is 12.8 Å². The minimum atomic E-state index is 0.0523. The molecule has 2 saturated heterocycles. The van der Waals surface area contributed by atoms with Gasteiger partial charge in [-0.15, -0.1) is 0 Å². The minimum Gasteiger partial charge on any atom is -0.334 e. The SMILES string of the molecule is Cc1nc(-c2cccnc2)ncc1C(=O)N1CC[C@@H]2CNC[C@@H]21. The Morgan fingerprint density at radius 2 is 2.26 bits per heavy atom. The first-order valence-electron chi connectivity index (χ1n) is 8.00. The topological polar surface area (TPSA) is 71.0 Å². The number of nitrogens with one attached hydrogen (secondary N) is 1. The predicted molar refractivity (Wildman–Crippen MR) is 85.8 cm³/mol. The lowest BCUT2D eigenvalue weighted by molar-refractivity contribution is 0.0735. The molecule has 118 valence electrons. The van der Waals surface area contributed by atoms with Crippen LogP contribution < -0.4 is 5.32 Å². The summed E-state index contributed by atoms with van der Waals surface area (Å²) in [6.07, 6.45) is 6.18. The standard InChI is InChI=1S/C17H19N5O/c1-11-14(9-20-16(21-11)13-3-2-5-18-8-13)17(23)22-6-4-12-7-19-10-15(12)22/h2-3,5,8-9,12,15,19H,4,6-7,10H2,1H3/t12-,15+/m1/s1. The van der Waals surface area contributed by atoms with E-state index in [0.29, 0.717) is 23.3 Å². The van der Waals surface area contributed by atoms with Crippen molar-refractivity contribution in [3.63, 3.8) is 0 Å². The summed E-state index contributed by atoms with van der Waals surface area (Å²) in [5, 5.41) is 3.37. The summed E-state index contributed by atoms with van der Waals surface area (Å²) in [7, 11) is 0. The average Bonchev–Trinajstić information content (AvgIpc) is 3.18. The maximum atomic E-state index is 12.9. The number of nitrogens with zero attached hydrogens (tertiary/aromatic N) is 4. The van der Waals surface area contributed by atoms with Crippen molar-refractivity contribution in [3.05, 3.63) is 42.0 Å². The fraction of sp³-hybridized carbons (Fsp3) is 0.412. The highest BCUT2D eigenvalue weighted by Gasteiger charge is 2.40. The molecule has 6 nitrogen and oxygen atoms in total. The number of hydrogen-bond acceptors (Lipinski definition) is 5. The van der Waals surface area contributed by atoms with Crippen LogP contribution in [-0.4, -0.2) is 51.4 Å². The molecule has 6 heteroatoms. The number of rotatable bonds is 2. The lowest BCUT2D eigenvalue weighted by Gasteiger charge is -2.23. The number of likely N-dealkylation sites (tertiary alicyclic amines) is 1. The van der Waals surface area contributed by atoms with Crippen LogP contribution in [0.2, 0.25) is 0 Å². The molecule has 0 radical (unpaired) electrons. The van der Waals surface area contributed by atoms with Crippen LogP contribution >= 0.6 is 0 Å². The Balaban J connectivity index is 1.61. The lowest BCUT2D eigenvalue weighted by atomic mass is 10.0. The highest BCUT2D eigenvalue weighted by Crippen LogP contribution is 2.29. The van der Waals surface area contributed by atoms with E-state index in [0.717, 1.165) is 37.3 Å². The first-order valence-corrected chi connectivity index (χ1v) is 8.00. The number of aryl methyl sites for hydroxylation is 1. The summed E-state index contributed by atoms with van der Waals surface area (Å²) in [6, 6.07) is 4.09. The molecule has 2 aromatic rings. The van der Waals surface area contributed by atoms with Gasteiger partial charge in [0.15, 0.2) is 5.82 Å². The summed E-state index contributed by atoms with van der Waals surface area (Å²) in [6.45, 7) is 4.61. The summed E-state index contributed by atoms with van der Waals surface area (Å²) < 4.78 is 0. The van der Waals surface area contributed by atoms with E-state index in [4.69, 9.17) is 0 Å². The van der Waals surface area contributed by atoms with Gasteiger partial charge in [0.25, 0.3) is 5.91 Å². The molecular weight excluding hydrogens is 290 g/mol. The van der Waals surface area contributed by atoms with Crippen molar-refractivity contribution in [1.82, 2.24) is 25.2 Å². The molecule has 2 atom stereocenters. The highest BCUT2D eigenvalue weighted by molar-refractivity contribution is 5.95. The second-order valence-electron chi connectivity index (χ2n) is 6.21. The number of aromatic nitrogens is 3. The molecule has 2 aliphatic rings. The maximum Gasteiger partial charge on any atom is 0.257 e. The molecule has 0 aromatic carbocycles. The summed E-state index contributed by atoms with van der Waals surface area (Å²) in [5.41, 5.74) is 2.18. The van der Waals surface area contributed by atoms with Crippen molar-refractivity contribution < 1.29 is 4.79 Å². The maximum absolute atomic E-state index is 12.9. The van der Waals surface area contributed by atoms with Gasteiger partial charge in [-0.25, -0.2) is 9.97 Å². The molecule has 4 heterocycles. The van der Waals surface area contributed by atoms with Crippen molar-refractivity contribution >= 4 is 5.91 Å². The van der Waals surface area contributed by atoms with Gasteiger partial charge in [0, 0.05) is 49.8 Å². The molecule has 1 amide bonds. The second-order valence-corrected chi connectivity index (χ2v) is 6.21. The van der Waals surface area contributed by atoms with Gasteiger partial charge in [-0.2, -0.15) is 0 Å². The average molecular weight is 309 g/mol. The lowest BCUT2D eigenvalue weighted by Crippen LogP contribution is -2.39. The number of carbonyl (C=O) groups excluding carboxylic acids is 1. The van der Waals surface area contributed by atoms with Crippen LogP contribution in [0.3, 0.4) is 0 Å². The molecule has 0 saturated carbocycles. The van der Waals surface area contributed by atoms with Crippen LogP contribution in [0.1, 0.15) is 22.5 Å². The Morgan fingerprint density at radius 3 is 3.04 bits per heavy atom. The smallest absolute Gasteiger partial charge is 0.257 e. The molecule has 0 spiro atoms. The van der Waals surface area contributed by atoms with Gasteiger partial charge in [-0.1, -0.05) is 0 Å². The van der Waals surface area contributed by atoms with Crippen molar-refractivity contribution in [3.8, 4) is 11.4 Å². The van der Waals surface area contributed by atoms with Crippen molar-refractivity contribution in [2.75, 3.05) is 19.6 Å². The fourth-order valence-electron chi connectivity index (χ4n) is 3.57. The number of amides is 1. The zero-order valence-corrected chi connectivity index (χ0v) is 13.1. The first-order chi connectivity index (χ1) is 11.2. The third-order valence-electron chi connectivity index (χ3n) is 4.84. The molecule has 0 aliphatic carbocycles. The number of hydrogen-bond donors (Lipinski definition) is 1. The Hall–Kier alpha value is -2.34. The van der Waals surface area contributed by atoms with Crippen LogP contribution in [-0.2, 0) is 0 Å². The number of carbonyl (C=O) groups is 1. The van der Waals surface area contributed by atoms with Crippen LogP contribution in [0.15, 0.2) is 30.7 Å². The summed E-state index contributed by atoms with van der Waals surface area (Å²) in [5.74, 6) is 1.25. The molecule has 0 unspecified atom stereocenters. The Kier molecular flexibility index (Phi) is 3.53. The Morgan fingerprint density at radius 1 is 1.35 bits per heavy atom. The van der Waals surface area contributed by atoms with Gasteiger partial charge < -0.3 is 10.2 Å². The third kappa shape index (κ3) is 2.49. The predicted octanol–water partition coefficient (Wildman–Crippen LogP) is 1.28. The van der Waals surface area contributed by atoms with Crippen molar-refractivity contribution in [1.29, 1.82) is 0 Å². The van der Waals surface area contributed by atoms with Crippen LogP contribution in [0.5, 0.6) is 0 Å². The quantitative estimate of drug-likeness (QED) is 0.905. The van der Waals surface area contributed by atoms with E-state index in [1.807, 2.05) is 24.0 Å². The fourth-order valence-corrected chi connectivity index (χ4v) is 3.57. The van der Waals surface area contributed by atoms with Gasteiger partial charge in [-0.3, -0.25) is 9.78 Å². The highest BCUT2D eigenvalue weighted by atomic mass is 16.2. The first kappa shape index (κ1) is 14.3. The van der Waals surface area contributed by atoms with E-state index >= 15 is 0 Å². The van der Waals surface area contributed by atoms with Gasteiger partial charge in [0.1, 0.15) is 0 Å². The molecule has 2 fully saturated rings. The van der Waals surface area contributed by atoms with Gasteiger partial charge >= 0.3 is 0 Å². The van der Waals surface area contributed by atoms with E-state index in [9.17, 15) is 4.79 Å². The number of pyridine rings is 1. The monoisotopic (exact) mass is 309 g/mol. The van der Waals surface area contributed by atoms with E-state index < -0.39 is 0 Å². The van der Waals surface area contributed by atoms with Crippen molar-refractivity contribution in [2.24, 2.45) is 5.92 Å². The third-order valence-corrected chi connectivity index (χ3v) is 4.84. The molecule has 23 heavy (non-hydrogen) atoms. The van der Waals surface area contributed by atoms with Gasteiger partial charge in [0.2, 0.25) is 0 Å². The Labute approximate surface area is 135 Å². The second kappa shape index (κ2) is 5.70. The Bertz CT molecular complexity index is 733. The zero-order chi connectivity index (χ0) is 15.8. The molecule has 2 aliphatic heterocycles. The van der Waals surface area contributed by atoms with E-state index in [-0.39, 0.29) is 5.91 Å². The number of fused-ring (bicyclic) bond motifs is 1.